The highest BCUT2D eigenvalue weighted by Gasteiger charge is 2.02. The molecule has 1 aromatic rings. The van der Waals surface area contributed by atoms with Gasteiger partial charge >= 0.3 is 0 Å². The van der Waals surface area contributed by atoms with Gasteiger partial charge in [0.05, 0.1) is 0 Å². The topological polar surface area (TPSA) is 40.5 Å². The van der Waals surface area contributed by atoms with Gasteiger partial charge in [-0.2, -0.15) is 0 Å². The van der Waals surface area contributed by atoms with E-state index in [1.165, 1.54) is 122 Å². The third kappa shape index (κ3) is 15.3. The molecule has 0 spiro atoms. The van der Waals surface area contributed by atoms with Crippen LogP contribution in [0, 0.1) is 0 Å². The molecule has 1 aromatic carbocycles. The molecule has 0 unspecified atom stereocenters. The second-order valence-electron chi connectivity index (χ2n) is 8.93. The molecule has 168 valence electrons. The molecule has 2 heteroatoms. The summed E-state index contributed by atoms with van der Waals surface area (Å²) in [5.74, 6) is 0.367. The van der Waals surface area contributed by atoms with Crippen LogP contribution in [0.15, 0.2) is 18.2 Å². The largest absolute Gasteiger partial charge is 0.508 e. The Bertz CT molecular complexity index is 483. The summed E-state index contributed by atoms with van der Waals surface area (Å²) >= 11 is 0. The lowest BCUT2D eigenvalue weighted by molar-refractivity contribution is 0.444. The lowest BCUT2D eigenvalue weighted by Crippen LogP contribution is -1.87. The first-order valence-corrected chi connectivity index (χ1v) is 12.7. The summed E-state index contributed by atoms with van der Waals surface area (Å²) in [4.78, 5) is 0. The van der Waals surface area contributed by atoms with Gasteiger partial charge in [-0.05, 0) is 24.5 Å². The molecular formula is C27H48O2. The SMILES string of the molecule is CCCCCCCCCCCCCCCCCCCCCc1ccc(O)cc1O. The Labute approximate surface area is 181 Å². The quantitative estimate of drug-likeness (QED) is 0.213. The smallest absolute Gasteiger partial charge is 0.122 e. The molecule has 2 nitrogen and oxygen atoms in total. The third-order valence-electron chi connectivity index (χ3n) is 6.12. The number of aromatic hydroxyl groups is 2. The van der Waals surface area contributed by atoms with Gasteiger partial charge in [0.25, 0.3) is 0 Å². The number of benzene rings is 1. The molecule has 0 aliphatic rings. The van der Waals surface area contributed by atoms with Crippen molar-refractivity contribution in [2.75, 3.05) is 0 Å². The first-order valence-electron chi connectivity index (χ1n) is 12.7. The molecule has 0 saturated heterocycles. The first kappa shape index (κ1) is 25.9. The van der Waals surface area contributed by atoms with Gasteiger partial charge in [0, 0.05) is 6.07 Å². The van der Waals surface area contributed by atoms with E-state index < -0.39 is 0 Å². The highest BCUT2D eigenvalue weighted by atomic mass is 16.3. The Kier molecular flexibility index (Phi) is 16.8. The zero-order valence-electron chi connectivity index (χ0n) is 19.3. The van der Waals surface area contributed by atoms with Gasteiger partial charge in [-0.1, -0.05) is 129 Å². The Morgan fingerprint density at radius 1 is 0.517 bits per heavy atom. The van der Waals surface area contributed by atoms with E-state index in [1.807, 2.05) is 6.07 Å². The summed E-state index contributed by atoms with van der Waals surface area (Å²) in [6.45, 7) is 2.29. The zero-order chi connectivity index (χ0) is 21.0. The van der Waals surface area contributed by atoms with Gasteiger partial charge in [-0.15, -0.1) is 0 Å². The van der Waals surface area contributed by atoms with Crippen molar-refractivity contribution in [3.63, 3.8) is 0 Å². The van der Waals surface area contributed by atoms with Crippen LogP contribution in [0.25, 0.3) is 0 Å². The molecule has 0 atom stereocenters. The summed E-state index contributed by atoms with van der Waals surface area (Å²) in [6, 6.07) is 4.93. The lowest BCUT2D eigenvalue weighted by atomic mass is 10.0. The van der Waals surface area contributed by atoms with E-state index in [1.54, 1.807) is 6.07 Å². The molecule has 1 rings (SSSR count). The van der Waals surface area contributed by atoms with E-state index in [-0.39, 0.29) is 11.5 Å². The fraction of sp³-hybridized carbons (Fsp3) is 0.778. The zero-order valence-corrected chi connectivity index (χ0v) is 19.3. The van der Waals surface area contributed by atoms with Gasteiger partial charge in [-0.25, -0.2) is 0 Å². The van der Waals surface area contributed by atoms with E-state index in [9.17, 15) is 10.2 Å². The second-order valence-corrected chi connectivity index (χ2v) is 8.93. The fourth-order valence-corrected chi connectivity index (χ4v) is 4.16. The molecule has 0 bridgehead atoms. The Morgan fingerprint density at radius 2 is 0.897 bits per heavy atom. The summed E-state index contributed by atoms with van der Waals surface area (Å²) in [5, 5.41) is 19.1. The molecule has 0 radical (unpaired) electrons. The number of hydrogen-bond acceptors (Lipinski definition) is 2. The van der Waals surface area contributed by atoms with Crippen molar-refractivity contribution in [3.8, 4) is 11.5 Å². The average Bonchev–Trinajstić information content (AvgIpc) is 2.71. The van der Waals surface area contributed by atoms with Gasteiger partial charge in [0.1, 0.15) is 11.5 Å². The molecule has 0 heterocycles. The highest BCUT2D eigenvalue weighted by Crippen LogP contribution is 2.24. The average molecular weight is 405 g/mol. The maximum atomic E-state index is 9.78. The van der Waals surface area contributed by atoms with Crippen molar-refractivity contribution in [2.24, 2.45) is 0 Å². The lowest BCUT2D eigenvalue weighted by Gasteiger charge is -2.05. The molecule has 0 saturated carbocycles. The van der Waals surface area contributed by atoms with E-state index in [4.69, 9.17) is 0 Å². The number of phenols is 2. The van der Waals surface area contributed by atoms with Crippen LogP contribution in [0.5, 0.6) is 11.5 Å². The van der Waals surface area contributed by atoms with Crippen LogP contribution < -0.4 is 0 Å². The van der Waals surface area contributed by atoms with Crippen LogP contribution in [0.2, 0.25) is 0 Å². The number of aryl methyl sites for hydroxylation is 1. The maximum absolute atomic E-state index is 9.78. The van der Waals surface area contributed by atoms with Crippen molar-refractivity contribution in [2.45, 2.75) is 135 Å². The summed E-state index contributed by atoms with van der Waals surface area (Å²) in [5.41, 5.74) is 0.953. The van der Waals surface area contributed by atoms with Crippen molar-refractivity contribution in [1.29, 1.82) is 0 Å². The Hall–Kier alpha value is -1.18. The summed E-state index contributed by atoms with van der Waals surface area (Å²) in [6.07, 6.45) is 27.4. The Balaban J connectivity index is 1.75. The van der Waals surface area contributed by atoms with Gasteiger partial charge < -0.3 is 10.2 Å². The monoisotopic (exact) mass is 404 g/mol. The molecule has 0 aliphatic carbocycles. The van der Waals surface area contributed by atoms with Gasteiger partial charge in [0.2, 0.25) is 0 Å². The molecule has 29 heavy (non-hydrogen) atoms. The van der Waals surface area contributed by atoms with E-state index in [0.717, 1.165) is 18.4 Å². The third-order valence-corrected chi connectivity index (χ3v) is 6.12. The molecule has 2 N–H and O–H groups in total. The highest BCUT2D eigenvalue weighted by molar-refractivity contribution is 5.38. The van der Waals surface area contributed by atoms with Crippen molar-refractivity contribution in [3.05, 3.63) is 23.8 Å². The van der Waals surface area contributed by atoms with Crippen LogP contribution in [-0.2, 0) is 6.42 Å². The molecule has 0 aliphatic heterocycles. The minimum atomic E-state index is 0.138. The minimum Gasteiger partial charge on any atom is -0.508 e. The summed E-state index contributed by atoms with van der Waals surface area (Å²) < 4.78 is 0. The standard InChI is InChI=1S/C27H48O2/c1-2-3-4-5-6-7-8-9-10-11-12-13-14-15-16-17-18-19-20-21-25-22-23-26(28)24-27(25)29/h22-24,28-29H,2-21H2,1H3. The second kappa shape index (κ2) is 18.8. The van der Waals surface area contributed by atoms with E-state index in [2.05, 4.69) is 6.92 Å². The van der Waals surface area contributed by atoms with Crippen LogP contribution in [-0.4, -0.2) is 10.2 Å². The van der Waals surface area contributed by atoms with Gasteiger partial charge in [-0.3, -0.25) is 0 Å². The normalized spacial score (nSPS) is 11.2. The fourth-order valence-electron chi connectivity index (χ4n) is 4.16. The predicted octanol–water partition coefficient (Wildman–Crippen LogP) is 9.07. The minimum absolute atomic E-state index is 0.138. The number of phenolic OH excluding ortho intramolecular Hbond substituents is 2. The van der Waals surface area contributed by atoms with Crippen molar-refractivity contribution in [1.82, 2.24) is 0 Å². The molecule has 0 fully saturated rings. The number of rotatable bonds is 20. The number of unbranched alkanes of at least 4 members (excludes halogenated alkanes) is 18. The van der Waals surface area contributed by atoms with Crippen LogP contribution in [0.4, 0.5) is 0 Å². The molecule has 0 amide bonds. The van der Waals surface area contributed by atoms with Crippen molar-refractivity contribution < 1.29 is 10.2 Å². The maximum Gasteiger partial charge on any atom is 0.122 e. The number of hydrogen-bond donors (Lipinski definition) is 2. The predicted molar refractivity (Wildman–Crippen MR) is 127 cm³/mol. The Morgan fingerprint density at radius 3 is 1.28 bits per heavy atom. The van der Waals surface area contributed by atoms with E-state index in [0.29, 0.717) is 0 Å². The van der Waals surface area contributed by atoms with Crippen LogP contribution in [0.3, 0.4) is 0 Å². The molecular weight excluding hydrogens is 356 g/mol. The van der Waals surface area contributed by atoms with Crippen LogP contribution in [0.1, 0.15) is 134 Å². The van der Waals surface area contributed by atoms with Gasteiger partial charge in [0.15, 0.2) is 0 Å². The summed E-state index contributed by atoms with van der Waals surface area (Å²) in [7, 11) is 0. The first-order chi connectivity index (χ1) is 14.2. The van der Waals surface area contributed by atoms with Crippen molar-refractivity contribution >= 4 is 0 Å². The van der Waals surface area contributed by atoms with Crippen LogP contribution >= 0.6 is 0 Å². The molecule has 0 aromatic heterocycles. The van der Waals surface area contributed by atoms with E-state index >= 15 is 0 Å².